The number of aliphatic imine (C=N–C) groups is 1. The van der Waals surface area contributed by atoms with E-state index in [-0.39, 0.29) is 0 Å². The lowest BCUT2D eigenvalue weighted by molar-refractivity contribution is 0.281. The van der Waals surface area contributed by atoms with Gasteiger partial charge in [0.05, 0.1) is 0 Å². The molecule has 0 aromatic carbocycles. The van der Waals surface area contributed by atoms with Crippen molar-refractivity contribution in [2.75, 3.05) is 46.3 Å². The summed E-state index contributed by atoms with van der Waals surface area (Å²) in [4.78, 5) is 9.60. The van der Waals surface area contributed by atoms with Crippen LogP contribution in [0.25, 0.3) is 0 Å². The molecule has 5 heteroatoms. The van der Waals surface area contributed by atoms with E-state index in [0.717, 1.165) is 31.5 Å². The molecule has 23 heavy (non-hydrogen) atoms. The Kier molecular flexibility index (Phi) is 5.95. The van der Waals surface area contributed by atoms with Crippen molar-refractivity contribution in [3.63, 3.8) is 0 Å². The van der Waals surface area contributed by atoms with E-state index in [9.17, 15) is 0 Å². The molecule has 1 N–H and O–H groups in total. The van der Waals surface area contributed by atoms with Gasteiger partial charge in [-0.1, -0.05) is 6.92 Å². The lowest BCUT2D eigenvalue weighted by atomic mass is 10.1. The lowest BCUT2D eigenvalue weighted by Gasteiger charge is -2.24. The highest BCUT2D eigenvalue weighted by Gasteiger charge is 2.27. The highest BCUT2D eigenvalue weighted by molar-refractivity contribution is 7.07. The van der Waals surface area contributed by atoms with Gasteiger partial charge in [0.1, 0.15) is 0 Å². The quantitative estimate of drug-likeness (QED) is 0.663. The Balaban J connectivity index is 1.45. The molecular weight excluding hydrogens is 304 g/mol. The molecule has 4 nitrogen and oxygen atoms in total. The molecule has 128 valence electrons. The average Bonchev–Trinajstić information content (AvgIpc) is 3.31. The molecule has 2 fully saturated rings. The van der Waals surface area contributed by atoms with Crippen LogP contribution < -0.4 is 5.32 Å². The Morgan fingerprint density at radius 3 is 2.91 bits per heavy atom. The van der Waals surface area contributed by atoms with Gasteiger partial charge in [-0.05, 0) is 66.6 Å². The fourth-order valence-electron chi connectivity index (χ4n) is 3.75. The second-order valence-corrected chi connectivity index (χ2v) is 7.77. The molecular formula is C18H30N4S. The maximum Gasteiger partial charge on any atom is 0.193 e. The molecule has 2 saturated heterocycles. The van der Waals surface area contributed by atoms with Gasteiger partial charge in [0.2, 0.25) is 0 Å². The van der Waals surface area contributed by atoms with Crippen LogP contribution in [0, 0.1) is 5.92 Å². The van der Waals surface area contributed by atoms with Gasteiger partial charge in [0, 0.05) is 33.2 Å². The Hall–Kier alpha value is -1.07. The Morgan fingerprint density at radius 2 is 2.22 bits per heavy atom. The van der Waals surface area contributed by atoms with E-state index >= 15 is 0 Å². The van der Waals surface area contributed by atoms with Gasteiger partial charge in [-0.3, -0.25) is 4.99 Å². The summed E-state index contributed by atoms with van der Waals surface area (Å²) >= 11 is 1.78. The number of likely N-dealkylation sites (tertiary alicyclic amines) is 2. The van der Waals surface area contributed by atoms with Crippen LogP contribution in [0.3, 0.4) is 0 Å². The van der Waals surface area contributed by atoms with Crippen LogP contribution >= 0.6 is 11.3 Å². The lowest BCUT2D eigenvalue weighted by Crippen LogP contribution is -2.42. The topological polar surface area (TPSA) is 30.9 Å². The minimum atomic E-state index is 0.529. The van der Waals surface area contributed by atoms with Gasteiger partial charge in [-0.25, -0.2) is 0 Å². The fraction of sp³-hybridized carbons (Fsp3) is 0.722. The van der Waals surface area contributed by atoms with E-state index < -0.39 is 0 Å². The maximum atomic E-state index is 4.51. The van der Waals surface area contributed by atoms with Gasteiger partial charge < -0.3 is 15.1 Å². The highest BCUT2D eigenvalue weighted by atomic mass is 32.1. The summed E-state index contributed by atoms with van der Waals surface area (Å²) in [6.07, 6.45) is 4.08. The summed E-state index contributed by atoms with van der Waals surface area (Å²) < 4.78 is 0. The minimum absolute atomic E-state index is 0.529. The monoisotopic (exact) mass is 334 g/mol. The molecule has 2 aliphatic rings. The number of thiophene rings is 1. The largest absolute Gasteiger partial charge is 0.356 e. The smallest absolute Gasteiger partial charge is 0.193 e. The first kappa shape index (κ1) is 16.8. The second-order valence-electron chi connectivity index (χ2n) is 6.99. The molecule has 1 aromatic heterocycles. The van der Waals surface area contributed by atoms with Crippen molar-refractivity contribution in [2.24, 2.45) is 10.9 Å². The Morgan fingerprint density at radius 1 is 1.39 bits per heavy atom. The van der Waals surface area contributed by atoms with E-state index in [2.05, 4.69) is 43.9 Å². The van der Waals surface area contributed by atoms with E-state index in [0.29, 0.717) is 5.92 Å². The molecule has 0 radical (unpaired) electrons. The van der Waals surface area contributed by atoms with E-state index in [1.165, 1.54) is 44.5 Å². The van der Waals surface area contributed by atoms with Crippen molar-refractivity contribution in [3.05, 3.63) is 22.4 Å². The van der Waals surface area contributed by atoms with Crippen LogP contribution in [0.1, 0.15) is 37.7 Å². The van der Waals surface area contributed by atoms with Crippen molar-refractivity contribution < 1.29 is 0 Å². The normalized spacial score (nSPS) is 24.3. The number of hydrogen-bond acceptors (Lipinski definition) is 3. The molecule has 2 aliphatic heterocycles. The zero-order valence-corrected chi connectivity index (χ0v) is 15.3. The van der Waals surface area contributed by atoms with Crippen molar-refractivity contribution in [2.45, 2.75) is 32.1 Å². The first-order valence-corrected chi connectivity index (χ1v) is 9.90. The van der Waals surface area contributed by atoms with E-state index in [4.69, 9.17) is 0 Å². The summed E-state index contributed by atoms with van der Waals surface area (Å²) in [6.45, 7) is 9.43. The maximum absolute atomic E-state index is 4.51. The van der Waals surface area contributed by atoms with Gasteiger partial charge in [-0.2, -0.15) is 11.3 Å². The summed E-state index contributed by atoms with van der Waals surface area (Å²) in [6, 6.07) is 2.22. The van der Waals surface area contributed by atoms with Gasteiger partial charge in [-0.15, -0.1) is 0 Å². The molecule has 0 spiro atoms. The third-order valence-electron chi connectivity index (χ3n) is 5.19. The van der Waals surface area contributed by atoms with Crippen molar-refractivity contribution in [1.29, 1.82) is 0 Å². The summed E-state index contributed by atoms with van der Waals surface area (Å²) in [5, 5.41) is 7.98. The van der Waals surface area contributed by atoms with E-state index in [1.54, 1.807) is 11.3 Å². The first-order valence-electron chi connectivity index (χ1n) is 8.96. The molecule has 0 saturated carbocycles. The van der Waals surface area contributed by atoms with Crippen LogP contribution in [0.4, 0.5) is 0 Å². The van der Waals surface area contributed by atoms with Crippen molar-refractivity contribution in [1.82, 2.24) is 15.1 Å². The third-order valence-corrected chi connectivity index (χ3v) is 5.89. The van der Waals surface area contributed by atoms with Crippen LogP contribution in [0.2, 0.25) is 0 Å². The number of hydrogen-bond donors (Lipinski definition) is 1. The Bertz CT molecular complexity index is 493. The number of nitrogens with zero attached hydrogens (tertiary/aromatic N) is 3. The van der Waals surface area contributed by atoms with Gasteiger partial charge >= 0.3 is 0 Å². The fourth-order valence-corrected chi connectivity index (χ4v) is 4.54. The number of rotatable bonds is 5. The number of guanidine groups is 1. The summed E-state index contributed by atoms with van der Waals surface area (Å²) in [7, 11) is 1.91. The van der Waals surface area contributed by atoms with Gasteiger partial charge in [0.15, 0.2) is 5.96 Å². The zero-order chi connectivity index (χ0) is 16.1. The molecule has 0 aliphatic carbocycles. The highest BCUT2D eigenvalue weighted by Crippen LogP contribution is 2.21. The standard InChI is InChI=1S/C18H30N4S/c1-15(17-6-10-23-14-17)11-20-18(19-2)22-9-5-16(13-22)12-21-7-3-4-8-21/h6,10,14-16H,3-5,7-9,11-13H2,1-2H3,(H,19,20). The minimum Gasteiger partial charge on any atom is -0.356 e. The van der Waals surface area contributed by atoms with Crippen LogP contribution in [0.5, 0.6) is 0 Å². The SMILES string of the molecule is CN=C(NCC(C)c1ccsc1)N1CCC(CN2CCCC2)C1. The molecule has 2 unspecified atom stereocenters. The third kappa shape index (κ3) is 4.48. The first-order chi connectivity index (χ1) is 11.3. The second kappa shape index (κ2) is 8.15. The molecule has 1 aromatic rings. The van der Waals surface area contributed by atoms with E-state index in [1.807, 2.05) is 7.05 Å². The van der Waals surface area contributed by atoms with Crippen molar-refractivity contribution >= 4 is 17.3 Å². The van der Waals surface area contributed by atoms with Crippen molar-refractivity contribution in [3.8, 4) is 0 Å². The predicted octanol–water partition coefficient (Wildman–Crippen LogP) is 2.84. The Labute approximate surface area is 144 Å². The molecule has 0 amide bonds. The number of nitrogens with one attached hydrogen (secondary N) is 1. The summed E-state index contributed by atoms with van der Waals surface area (Å²) in [5.41, 5.74) is 1.42. The molecule has 0 bridgehead atoms. The average molecular weight is 335 g/mol. The predicted molar refractivity (Wildman–Crippen MR) is 99.4 cm³/mol. The zero-order valence-electron chi connectivity index (χ0n) is 14.5. The molecule has 2 atom stereocenters. The molecule has 3 heterocycles. The van der Waals surface area contributed by atoms with Gasteiger partial charge in [0.25, 0.3) is 0 Å². The van der Waals surface area contributed by atoms with Crippen LogP contribution in [-0.4, -0.2) is 62.1 Å². The summed E-state index contributed by atoms with van der Waals surface area (Å²) in [5.74, 6) is 2.41. The van der Waals surface area contributed by atoms with Crippen LogP contribution in [-0.2, 0) is 0 Å². The van der Waals surface area contributed by atoms with Crippen LogP contribution in [0.15, 0.2) is 21.8 Å². The molecule has 3 rings (SSSR count).